The second-order valence-electron chi connectivity index (χ2n) is 4.82. The van der Waals surface area contributed by atoms with Gasteiger partial charge in [0.25, 0.3) is 5.56 Å². The fourth-order valence-corrected chi connectivity index (χ4v) is 2.09. The van der Waals surface area contributed by atoms with Gasteiger partial charge in [-0.25, -0.2) is 4.98 Å². The van der Waals surface area contributed by atoms with Crippen LogP contribution in [-0.2, 0) is 24.9 Å². The molecule has 0 aliphatic carbocycles. The van der Waals surface area contributed by atoms with E-state index in [0.717, 1.165) is 5.56 Å². The van der Waals surface area contributed by atoms with Crippen LogP contribution in [0.25, 0.3) is 11.0 Å². The number of hydrogen-bond donors (Lipinski definition) is 1. The summed E-state index contributed by atoms with van der Waals surface area (Å²) >= 11 is 0. The highest BCUT2D eigenvalue weighted by atomic mass is 16.2. The Morgan fingerprint density at radius 3 is 2.86 bits per heavy atom. The molecule has 0 aromatic carbocycles. The summed E-state index contributed by atoms with van der Waals surface area (Å²) < 4.78 is 2.79. The van der Waals surface area contributed by atoms with Crippen molar-refractivity contribution in [3.63, 3.8) is 0 Å². The summed E-state index contributed by atoms with van der Waals surface area (Å²) in [5, 5.41) is 7.14. The van der Waals surface area contributed by atoms with Crippen LogP contribution >= 0.6 is 0 Å². The SMILES string of the molecule is Cn1ncc2c(=O)n(CC(=O)NCc3ccncc3)cnc21. The monoisotopic (exact) mass is 298 g/mol. The first kappa shape index (κ1) is 13.9. The molecule has 0 saturated heterocycles. The Kier molecular flexibility index (Phi) is 3.65. The average molecular weight is 298 g/mol. The molecule has 0 unspecified atom stereocenters. The third-order valence-electron chi connectivity index (χ3n) is 3.27. The molecule has 3 rings (SSSR count). The van der Waals surface area contributed by atoms with Crippen molar-refractivity contribution in [2.45, 2.75) is 13.1 Å². The van der Waals surface area contributed by atoms with Crippen molar-refractivity contribution >= 4 is 16.9 Å². The second kappa shape index (κ2) is 5.76. The zero-order chi connectivity index (χ0) is 15.5. The van der Waals surface area contributed by atoms with E-state index in [1.807, 2.05) is 12.1 Å². The van der Waals surface area contributed by atoms with Gasteiger partial charge in [-0.3, -0.25) is 23.8 Å². The summed E-state index contributed by atoms with van der Waals surface area (Å²) in [5.41, 5.74) is 1.16. The molecule has 0 fully saturated rings. The van der Waals surface area contributed by atoms with Gasteiger partial charge in [0.05, 0.1) is 6.20 Å². The Hall–Kier alpha value is -3.03. The van der Waals surface area contributed by atoms with Crippen molar-refractivity contribution in [2.75, 3.05) is 0 Å². The van der Waals surface area contributed by atoms with E-state index in [4.69, 9.17) is 0 Å². The number of nitrogens with one attached hydrogen (secondary N) is 1. The Labute approximate surface area is 125 Å². The lowest BCUT2D eigenvalue weighted by atomic mass is 10.3. The Bertz CT molecular complexity index is 868. The summed E-state index contributed by atoms with van der Waals surface area (Å²) in [6.45, 7) is 0.306. The maximum Gasteiger partial charge on any atom is 0.264 e. The number of aromatic nitrogens is 5. The molecule has 3 aromatic rings. The van der Waals surface area contributed by atoms with Gasteiger partial charge in [0.1, 0.15) is 18.3 Å². The predicted molar refractivity (Wildman–Crippen MR) is 78.9 cm³/mol. The van der Waals surface area contributed by atoms with Crippen molar-refractivity contribution in [2.24, 2.45) is 7.05 Å². The number of pyridine rings is 1. The molecule has 22 heavy (non-hydrogen) atoms. The van der Waals surface area contributed by atoms with Gasteiger partial charge in [0.15, 0.2) is 5.65 Å². The van der Waals surface area contributed by atoms with Crippen molar-refractivity contribution < 1.29 is 4.79 Å². The minimum Gasteiger partial charge on any atom is -0.350 e. The maximum atomic E-state index is 12.2. The highest BCUT2D eigenvalue weighted by molar-refractivity contribution is 5.77. The summed E-state index contributed by atoms with van der Waals surface area (Å²) in [7, 11) is 1.71. The highest BCUT2D eigenvalue weighted by Crippen LogP contribution is 2.03. The molecule has 3 heterocycles. The fraction of sp³-hybridized carbons (Fsp3) is 0.214. The van der Waals surface area contributed by atoms with E-state index in [1.54, 1.807) is 19.4 Å². The number of nitrogens with zero attached hydrogens (tertiary/aromatic N) is 5. The second-order valence-corrected chi connectivity index (χ2v) is 4.82. The van der Waals surface area contributed by atoms with E-state index in [9.17, 15) is 9.59 Å². The zero-order valence-electron chi connectivity index (χ0n) is 11.9. The molecular weight excluding hydrogens is 284 g/mol. The lowest BCUT2D eigenvalue weighted by Crippen LogP contribution is -2.32. The van der Waals surface area contributed by atoms with E-state index in [2.05, 4.69) is 20.4 Å². The van der Waals surface area contributed by atoms with Crippen LogP contribution in [0.1, 0.15) is 5.56 Å². The lowest BCUT2D eigenvalue weighted by Gasteiger charge is -2.07. The molecule has 0 aliphatic heterocycles. The number of fused-ring (bicyclic) bond motifs is 1. The predicted octanol–water partition coefficient (Wildman–Crippen LogP) is -0.159. The van der Waals surface area contributed by atoms with Gasteiger partial charge in [0.2, 0.25) is 5.91 Å². The molecule has 1 amide bonds. The van der Waals surface area contributed by atoms with Crippen LogP contribution in [0.3, 0.4) is 0 Å². The van der Waals surface area contributed by atoms with E-state index in [0.29, 0.717) is 17.6 Å². The summed E-state index contributed by atoms with van der Waals surface area (Å²) in [6, 6.07) is 3.63. The molecule has 112 valence electrons. The van der Waals surface area contributed by atoms with Crippen LogP contribution in [0, 0.1) is 0 Å². The molecule has 8 nitrogen and oxygen atoms in total. The van der Waals surface area contributed by atoms with Crippen LogP contribution in [0.15, 0.2) is 41.8 Å². The van der Waals surface area contributed by atoms with Gasteiger partial charge in [-0.1, -0.05) is 0 Å². The van der Waals surface area contributed by atoms with Gasteiger partial charge in [-0.2, -0.15) is 5.10 Å². The van der Waals surface area contributed by atoms with Crippen LogP contribution < -0.4 is 10.9 Å². The molecule has 8 heteroatoms. The van der Waals surface area contributed by atoms with Gasteiger partial charge >= 0.3 is 0 Å². The number of aryl methyl sites for hydroxylation is 1. The van der Waals surface area contributed by atoms with Crippen molar-refractivity contribution in [1.29, 1.82) is 0 Å². The quantitative estimate of drug-likeness (QED) is 0.722. The first-order valence-corrected chi connectivity index (χ1v) is 6.68. The first-order valence-electron chi connectivity index (χ1n) is 6.68. The van der Waals surface area contributed by atoms with Crippen LogP contribution in [0.4, 0.5) is 0 Å². The number of hydrogen-bond acceptors (Lipinski definition) is 5. The van der Waals surface area contributed by atoms with Gasteiger partial charge < -0.3 is 5.32 Å². The minimum atomic E-state index is -0.280. The van der Waals surface area contributed by atoms with Gasteiger partial charge in [-0.15, -0.1) is 0 Å². The minimum absolute atomic E-state index is 0.0816. The lowest BCUT2D eigenvalue weighted by molar-refractivity contribution is -0.121. The van der Waals surface area contributed by atoms with E-state index >= 15 is 0 Å². The standard InChI is InChI=1S/C14H14N6O2/c1-19-13-11(7-18-19)14(22)20(9-17-13)8-12(21)16-6-10-2-4-15-5-3-10/h2-5,7,9H,6,8H2,1H3,(H,16,21). The number of carbonyl (C=O) groups is 1. The maximum absolute atomic E-state index is 12.2. The largest absolute Gasteiger partial charge is 0.350 e. The Morgan fingerprint density at radius 2 is 2.09 bits per heavy atom. The van der Waals surface area contributed by atoms with Gasteiger partial charge in [0, 0.05) is 26.0 Å². The number of amides is 1. The molecule has 1 N–H and O–H groups in total. The van der Waals surface area contributed by atoms with E-state index < -0.39 is 0 Å². The fourth-order valence-electron chi connectivity index (χ4n) is 2.09. The first-order chi connectivity index (χ1) is 10.6. The van der Waals surface area contributed by atoms with Crippen molar-refractivity contribution in [3.05, 3.63) is 53.0 Å². The molecule has 3 aromatic heterocycles. The van der Waals surface area contributed by atoms with E-state index in [-0.39, 0.29) is 18.0 Å². The van der Waals surface area contributed by atoms with Gasteiger partial charge in [-0.05, 0) is 17.7 Å². The Balaban J connectivity index is 1.71. The molecule has 0 spiro atoms. The third kappa shape index (κ3) is 2.71. The summed E-state index contributed by atoms with van der Waals surface area (Å²) in [4.78, 5) is 32.2. The average Bonchev–Trinajstić information content (AvgIpc) is 2.91. The normalized spacial score (nSPS) is 10.8. The summed E-state index contributed by atoms with van der Waals surface area (Å²) in [6.07, 6.45) is 6.13. The number of carbonyl (C=O) groups excluding carboxylic acids is 1. The molecule has 0 saturated carbocycles. The smallest absolute Gasteiger partial charge is 0.264 e. The molecule has 0 atom stereocenters. The van der Waals surface area contributed by atoms with Crippen LogP contribution in [0.2, 0.25) is 0 Å². The zero-order valence-corrected chi connectivity index (χ0v) is 11.9. The van der Waals surface area contributed by atoms with E-state index in [1.165, 1.54) is 21.8 Å². The van der Waals surface area contributed by atoms with Crippen LogP contribution in [-0.4, -0.2) is 30.2 Å². The third-order valence-corrected chi connectivity index (χ3v) is 3.27. The number of rotatable bonds is 4. The highest BCUT2D eigenvalue weighted by Gasteiger charge is 2.10. The topological polar surface area (TPSA) is 94.7 Å². The molecular formula is C14H14N6O2. The van der Waals surface area contributed by atoms with Crippen molar-refractivity contribution in [1.82, 2.24) is 29.6 Å². The Morgan fingerprint density at radius 1 is 1.32 bits per heavy atom. The summed E-state index contributed by atoms with van der Waals surface area (Å²) in [5.74, 6) is -0.260. The van der Waals surface area contributed by atoms with Crippen molar-refractivity contribution in [3.8, 4) is 0 Å². The molecule has 0 aliphatic rings. The molecule has 0 bridgehead atoms. The van der Waals surface area contributed by atoms with Crippen LogP contribution in [0.5, 0.6) is 0 Å². The molecule has 0 radical (unpaired) electrons.